The molecule has 1 aromatic heterocycles. The molecule has 1 N–H and O–H groups in total. The van der Waals surface area contributed by atoms with Crippen molar-refractivity contribution in [2.24, 2.45) is 0 Å². The first-order valence-electron chi connectivity index (χ1n) is 9.94. The Bertz CT molecular complexity index is 806. The molecule has 1 saturated heterocycles. The molecule has 1 atom stereocenters. The van der Waals surface area contributed by atoms with Crippen molar-refractivity contribution in [2.75, 3.05) is 23.3 Å². The van der Waals surface area contributed by atoms with Gasteiger partial charge in [-0.1, -0.05) is 6.92 Å². The van der Waals surface area contributed by atoms with E-state index in [1.165, 1.54) is 41.6 Å². The molecule has 26 heavy (non-hydrogen) atoms. The molecule has 2 aromatic rings. The van der Waals surface area contributed by atoms with Crippen LogP contribution in [0, 0.1) is 6.92 Å². The second-order valence-corrected chi connectivity index (χ2v) is 8.66. The van der Waals surface area contributed by atoms with Gasteiger partial charge in [-0.15, -0.1) is 0 Å². The minimum absolute atomic E-state index is 0.150. The predicted molar refractivity (Wildman–Crippen MR) is 109 cm³/mol. The Kier molecular flexibility index (Phi) is 4.37. The summed E-state index contributed by atoms with van der Waals surface area (Å²) in [5, 5.41) is 3.71. The van der Waals surface area contributed by atoms with Crippen molar-refractivity contribution in [2.45, 2.75) is 64.8 Å². The van der Waals surface area contributed by atoms with Crippen LogP contribution in [0.2, 0.25) is 0 Å². The first-order chi connectivity index (χ1) is 12.4. The van der Waals surface area contributed by atoms with E-state index in [2.05, 4.69) is 55.0 Å². The maximum Gasteiger partial charge on any atom is 0.225 e. The van der Waals surface area contributed by atoms with E-state index in [0.717, 1.165) is 31.2 Å². The summed E-state index contributed by atoms with van der Waals surface area (Å²) in [6, 6.07) is 6.69. The van der Waals surface area contributed by atoms with Crippen molar-refractivity contribution in [3.05, 3.63) is 35.5 Å². The number of piperidine rings is 1. The lowest BCUT2D eigenvalue weighted by atomic mass is 9.80. The van der Waals surface area contributed by atoms with Gasteiger partial charge in [-0.25, -0.2) is 9.97 Å². The molecule has 4 nitrogen and oxygen atoms in total. The van der Waals surface area contributed by atoms with Gasteiger partial charge in [0, 0.05) is 36.1 Å². The third kappa shape index (κ3) is 3.29. The molecule has 0 amide bonds. The molecule has 1 aromatic carbocycles. The highest BCUT2D eigenvalue weighted by atomic mass is 15.2. The van der Waals surface area contributed by atoms with Gasteiger partial charge in [0.1, 0.15) is 0 Å². The molecule has 0 saturated carbocycles. The number of nitrogens with zero attached hydrogens (tertiary/aromatic N) is 3. The Morgan fingerprint density at radius 1 is 1.15 bits per heavy atom. The second kappa shape index (κ2) is 6.57. The van der Waals surface area contributed by atoms with E-state index < -0.39 is 0 Å². The van der Waals surface area contributed by atoms with Gasteiger partial charge in [0.2, 0.25) is 5.95 Å². The number of benzene rings is 1. The Morgan fingerprint density at radius 3 is 2.69 bits per heavy atom. The first kappa shape index (κ1) is 17.3. The van der Waals surface area contributed by atoms with Gasteiger partial charge in [-0.3, -0.25) is 0 Å². The second-order valence-electron chi connectivity index (χ2n) is 8.66. The third-order valence-electron chi connectivity index (χ3n) is 5.77. The molecule has 0 radical (unpaired) electrons. The highest BCUT2D eigenvalue weighted by Crippen LogP contribution is 2.41. The average molecular weight is 351 g/mol. The topological polar surface area (TPSA) is 41.1 Å². The van der Waals surface area contributed by atoms with E-state index >= 15 is 0 Å². The van der Waals surface area contributed by atoms with Crippen LogP contribution < -0.4 is 10.2 Å². The zero-order valence-electron chi connectivity index (χ0n) is 16.5. The Balaban J connectivity index is 1.71. The summed E-state index contributed by atoms with van der Waals surface area (Å²) in [5.74, 6) is 1.43. The molecule has 0 bridgehead atoms. The van der Waals surface area contributed by atoms with Crippen LogP contribution in [-0.4, -0.2) is 28.6 Å². The molecule has 2 aliphatic heterocycles. The first-order valence-corrected chi connectivity index (χ1v) is 9.94. The number of nitrogens with one attached hydrogen (secondary N) is 1. The maximum atomic E-state index is 4.92. The molecule has 1 fully saturated rings. The minimum atomic E-state index is 0.150. The third-order valence-corrected chi connectivity index (χ3v) is 5.77. The number of hydrogen-bond acceptors (Lipinski definition) is 4. The average Bonchev–Trinajstić information content (AvgIpc) is 2.61. The van der Waals surface area contributed by atoms with E-state index in [1.54, 1.807) is 0 Å². The fourth-order valence-electron chi connectivity index (χ4n) is 4.55. The summed E-state index contributed by atoms with van der Waals surface area (Å²) in [5.41, 5.74) is 6.37. The Hall–Kier alpha value is -2.10. The van der Waals surface area contributed by atoms with Crippen molar-refractivity contribution >= 4 is 11.6 Å². The van der Waals surface area contributed by atoms with Gasteiger partial charge in [0.25, 0.3) is 0 Å². The minimum Gasteiger partial charge on any atom is -0.380 e. The molecular weight excluding hydrogens is 320 g/mol. The van der Waals surface area contributed by atoms with Gasteiger partial charge in [0.15, 0.2) is 0 Å². The molecule has 2 aliphatic rings. The fraction of sp³-hybridized carbons (Fsp3) is 0.545. The summed E-state index contributed by atoms with van der Waals surface area (Å²) in [7, 11) is 0. The standard InChI is InChI=1S/C22H30N4/c1-15-12-20-18(16(2)14-22(3,4)25-20)13-17(15)19-8-9-23-21(24-19)26-10-6-5-7-11-26/h8-9,12-13,16,25H,5-7,10-11,14H2,1-4H3/t16-/m1/s1. The molecule has 3 heterocycles. The van der Waals surface area contributed by atoms with Crippen LogP contribution in [0.15, 0.2) is 24.4 Å². The van der Waals surface area contributed by atoms with E-state index in [9.17, 15) is 0 Å². The van der Waals surface area contributed by atoms with Gasteiger partial charge < -0.3 is 10.2 Å². The largest absolute Gasteiger partial charge is 0.380 e. The number of fused-ring (bicyclic) bond motifs is 1. The molecule has 4 heteroatoms. The lowest BCUT2D eigenvalue weighted by Crippen LogP contribution is -2.36. The number of anilines is 2. The molecule has 0 spiro atoms. The SMILES string of the molecule is Cc1cc2c(cc1-c1ccnc(N3CCCCC3)n1)[C@H](C)CC(C)(C)N2. The van der Waals surface area contributed by atoms with E-state index in [0.29, 0.717) is 5.92 Å². The van der Waals surface area contributed by atoms with E-state index in [1.807, 2.05) is 12.3 Å². The van der Waals surface area contributed by atoms with Crippen LogP contribution in [-0.2, 0) is 0 Å². The molecule has 0 aliphatic carbocycles. The number of aryl methyl sites for hydroxylation is 1. The van der Waals surface area contributed by atoms with Crippen molar-refractivity contribution < 1.29 is 0 Å². The predicted octanol–water partition coefficient (Wildman–Crippen LogP) is 5.14. The van der Waals surface area contributed by atoms with Gasteiger partial charge in [-0.05, 0) is 81.7 Å². The molecule has 138 valence electrons. The van der Waals surface area contributed by atoms with Crippen LogP contribution >= 0.6 is 0 Å². The summed E-state index contributed by atoms with van der Waals surface area (Å²) in [6.07, 6.45) is 6.86. The highest BCUT2D eigenvalue weighted by molar-refractivity contribution is 5.72. The smallest absolute Gasteiger partial charge is 0.225 e. The maximum absolute atomic E-state index is 4.92. The Labute approximate surface area is 157 Å². The van der Waals surface area contributed by atoms with Crippen LogP contribution in [0.1, 0.15) is 63.5 Å². The number of hydrogen-bond donors (Lipinski definition) is 1. The van der Waals surface area contributed by atoms with Gasteiger partial charge in [0.05, 0.1) is 5.69 Å². The molecule has 0 unspecified atom stereocenters. The van der Waals surface area contributed by atoms with Crippen molar-refractivity contribution in [1.29, 1.82) is 0 Å². The van der Waals surface area contributed by atoms with Crippen LogP contribution in [0.3, 0.4) is 0 Å². The fourth-order valence-corrected chi connectivity index (χ4v) is 4.55. The van der Waals surface area contributed by atoms with Crippen LogP contribution in [0.25, 0.3) is 11.3 Å². The highest BCUT2D eigenvalue weighted by Gasteiger charge is 2.30. The lowest BCUT2D eigenvalue weighted by molar-refractivity contribution is 0.454. The normalized spacial score (nSPS) is 21.8. The summed E-state index contributed by atoms with van der Waals surface area (Å²) < 4.78 is 0. The quantitative estimate of drug-likeness (QED) is 0.814. The molecule has 4 rings (SSSR count). The summed E-state index contributed by atoms with van der Waals surface area (Å²) in [4.78, 5) is 11.8. The van der Waals surface area contributed by atoms with Crippen molar-refractivity contribution in [1.82, 2.24) is 9.97 Å². The van der Waals surface area contributed by atoms with E-state index in [-0.39, 0.29) is 5.54 Å². The summed E-state index contributed by atoms with van der Waals surface area (Å²) >= 11 is 0. The monoisotopic (exact) mass is 350 g/mol. The molecular formula is C22H30N4. The van der Waals surface area contributed by atoms with Gasteiger partial charge in [-0.2, -0.15) is 0 Å². The summed E-state index contributed by atoms with van der Waals surface area (Å²) in [6.45, 7) is 11.2. The lowest BCUT2D eigenvalue weighted by Gasteiger charge is -2.38. The van der Waals surface area contributed by atoms with Crippen LogP contribution in [0.5, 0.6) is 0 Å². The number of aromatic nitrogens is 2. The van der Waals surface area contributed by atoms with E-state index in [4.69, 9.17) is 4.98 Å². The zero-order chi connectivity index (χ0) is 18.3. The number of rotatable bonds is 2. The van der Waals surface area contributed by atoms with Crippen molar-refractivity contribution in [3.8, 4) is 11.3 Å². The van der Waals surface area contributed by atoms with Crippen LogP contribution in [0.4, 0.5) is 11.6 Å². The Morgan fingerprint density at radius 2 is 1.92 bits per heavy atom. The van der Waals surface area contributed by atoms with Gasteiger partial charge >= 0.3 is 0 Å². The van der Waals surface area contributed by atoms with Crippen molar-refractivity contribution in [3.63, 3.8) is 0 Å². The zero-order valence-corrected chi connectivity index (χ0v) is 16.5.